The summed E-state index contributed by atoms with van der Waals surface area (Å²) in [7, 11) is 0. The molecule has 0 aromatic carbocycles. The van der Waals surface area contributed by atoms with Crippen molar-refractivity contribution in [2.24, 2.45) is 11.6 Å². The van der Waals surface area contributed by atoms with E-state index in [-0.39, 0.29) is 0 Å². The molecule has 0 atom stereocenters. The van der Waals surface area contributed by atoms with E-state index in [0.29, 0.717) is 5.70 Å². The summed E-state index contributed by atoms with van der Waals surface area (Å²) in [6.07, 6.45) is 3.04. The number of nitrogens with zero attached hydrogens (tertiary/aromatic N) is 1. The van der Waals surface area contributed by atoms with Gasteiger partial charge in [-0.1, -0.05) is 6.58 Å². The van der Waals surface area contributed by atoms with Crippen LogP contribution in [-0.2, 0) is 0 Å². The molecule has 0 rings (SSSR count). The van der Waals surface area contributed by atoms with Gasteiger partial charge < -0.3 is 5.73 Å². The molecular weight excluding hydrogens is 102 g/mol. The van der Waals surface area contributed by atoms with Gasteiger partial charge in [-0.3, -0.25) is 5.01 Å². The topological polar surface area (TPSA) is 55.3 Å². The summed E-state index contributed by atoms with van der Waals surface area (Å²) in [5, 5.41) is 1.30. The van der Waals surface area contributed by atoms with Crippen molar-refractivity contribution in [2.45, 2.75) is 6.92 Å². The molecule has 0 bridgehead atoms. The number of hydrogen-bond acceptors (Lipinski definition) is 3. The van der Waals surface area contributed by atoms with Crippen molar-refractivity contribution in [3.05, 3.63) is 24.7 Å². The summed E-state index contributed by atoms with van der Waals surface area (Å²) in [5.41, 5.74) is 5.92. The van der Waals surface area contributed by atoms with Crippen molar-refractivity contribution < 1.29 is 0 Å². The Balaban J connectivity index is 3.68. The van der Waals surface area contributed by atoms with Crippen molar-refractivity contribution in [1.82, 2.24) is 5.01 Å². The molecular formula is C5H11N3. The van der Waals surface area contributed by atoms with Crippen molar-refractivity contribution >= 4 is 0 Å². The Morgan fingerprint density at radius 3 is 2.38 bits per heavy atom. The van der Waals surface area contributed by atoms with Crippen LogP contribution in [0.3, 0.4) is 0 Å². The van der Waals surface area contributed by atoms with Crippen molar-refractivity contribution in [3.8, 4) is 0 Å². The van der Waals surface area contributed by atoms with Crippen LogP contribution < -0.4 is 11.6 Å². The van der Waals surface area contributed by atoms with E-state index in [4.69, 9.17) is 11.6 Å². The van der Waals surface area contributed by atoms with Gasteiger partial charge in [-0.2, -0.15) is 0 Å². The summed E-state index contributed by atoms with van der Waals surface area (Å²) in [4.78, 5) is 0. The van der Waals surface area contributed by atoms with Crippen LogP contribution in [-0.4, -0.2) is 5.01 Å². The van der Waals surface area contributed by atoms with Gasteiger partial charge in [0.05, 0.1) is 0 Å². The molecule has 0 aliphatic heterocycles. The van der Waals surface area contributed by atoms with Crippen molar-refractivity contribution in [3.63, 3.8) is 0 Å². The molecule has 0 aromatic rings. The molecule has 0 saturated heterocycles. The predicted molar refractivity (Wildman–Crippen MR) is 34.2 cm³/mol. The highest BCUT2D eigenvalue weighted by atomic mass is 15.4. The molecule has 46 valence electrons. The lowest BCUT2D eigenvalue weighted by molar-refractivity contribution is 0.536. The molecule has 0 saturated carbocycles. The minimum absolute atomic E-state index is 0.660. The van der Waals surface area contributed by atoms with Gasteiger partial charge >= 0.3 is 0 Å². The van der Waals surface area contributed by atoms with Crippen LogP contribution in [0.2, 0.25) is 0 Å². The molecule has 0 amide bonds. The Labute approximate surface area is 49.2 Å². The Morgan fingerprint density at radius 1 is 1.75 bits per heavy atom. The van der Waals surface area contributed by atoms with Gasteiger partial charge in [0.2, 0.25) is 0 Å². The average Bonchev–Trinajstić information content (AvgIpc) is 1.65. The van der Waals surface area contributed by atoms with Crippen LogP contribution in [0.25, 0.3) is 0 Å². The first kappa shape index (κ1) is 7.04. The molecule has 0 aromatic heterocycles. The number of hydrogen-bond donors (Lipinski definition) is 2. The largest absolute Gasteiger partial charge is 0.401 e. The molecule has 0 spiro atoms. The SMILES string of the molecule is C=CN(N)/C=C(/C)N. The zero-order chi connectivity index (χ0) is 6.57. The van der Waals surface area contributed by atoms with Crippen LogP contribution in [0.5, 0.6) is 0 Å². The van der Waals surface area contributed by atoms with Crippen LogP contribution in [0.15, 0.2) is 24.7 Å². The van der Waals surface area contributed by atoms with Crippen LogP contribution >= 0.6 is 0 Å². The Bertz CT molecular complexity index is 102. The third-order valence-electron chi connectivity index (χ3n) is 0.564. The van der Waals surface area contributed by atoms with Crippen LogP contribution in [0.4, 0.5) is 0 Å². The molecule has 3 heteroatoms. The molecule has 0 unspecified atom stereocenters. The summed E-state index contributed by atoms with van der Waals surface area (Å²) in [6.45, 7) is 5.17. The molecule has 8 heavy (non-hydrogen) atoms. The highest BCUT2D eigenvalue weighted by Crippen LogP contribution is 1.82. The van der Waals surface area contributed by atoms with Gasteiger partial charge in [-0.25, -0.2) is 5.84 Å². The average molecular weight is 113 g/mol. The summed E-state index contributed by atoms with van der Waals surface area (Å²) in [5.74, 6) is 5.23. The minimum atomic E-state index is 0.660. The third kappa shape index (κ3) is 3.24. The normalized spacial score (nSPS) is 11.0. The molecule has 3 nitrogen and oxygen atoms in total. The van der Waals surface area contributed by atoms with Gasteiger partial charge in [0.15, 0.2) is 0 Å². The first-order valence-corrected chi connectivity index (χ1v) is 2.26. The van der Waals surface area contributed by atoms with Crippen molar-refractivity contribution in [2.75, 3.05) is 0 Å². The van der Waals surface area contributed by atoms with E-state index in [1.54, 1.807) is 13.1 Å². The number of allylic oxidation sites excluding steroid dienone is 1. The van der Waals surface area contributed by atoms with Crippen molar-refractivity contribution in [1.29, 1.82) is 0 Å². The van der Waals surface area contributed by atoms with Crippen LogP contribution in [0.1, 0.15) is 6.92 Å². The third-order valence-corrected chi connectivity index (χ3v) is 0.564. The second kappa shape index (κ2) is 3.10. The Morgan fingerprint density at radius 2 is 2.25 bits per heavy atom. The number of nitrogens with two attached hydrogens (primary N) is 2. The lowest BCUT2D eigenvalue weighted by Gasteiger charge is -2.04. The Kier molecular flexibility index (Phi) is 2.72. The van der Waals surface area contributed by atoms with E-state index in [1.165, 1.54) is 11.2 Å². The molecule has 0 aliphatic rings. The van der Waals surface area contributed by atoms with Crippen LogP contribution in [0, 0.1) is 0 Å². The van der Waals surface area contributed by atoms with E-state index < -0.39 is 0 Å². The van der Waals surface area contributed by atoms with E-state index in [0.717, 1.165) is 0 Å². The standard InChI is InChI=1S/C5H11N3/c1-3-8(7)4-5(2)6/h3-4H,1,6-7H2,2H3/b5-4-. The predicted octanol–water partition coefficient (Wildman–Crippen LogP) is 0.126. The fourth-order valence-electron chi connectivity index (χ4n) is 0.288. The van der Waals surface area contributed by atoms with E-state index >= 15 is 0 Å². The van der Waals surface area contributed by atoms with E-state index in [1.807, 2.05) is 0 Å². The van der Waals surface area contributed by atoms with E-state index in [9.17, 15) is 0 Å². The summed E-state index contributed by atoms with van der Waals surface area (Å²) >= 11 is 0. The van der Waals surface area contributed by atoms with Gasteiger partial charge in [-0.15, -0.1) is 0 Å². The summed E-state index contributed by atoms with van der Waals surface area (Å²) in [6, 6.07) is 0. The summed E-state index contributed by atoms with van der Waals surface area (Å²) < 4.78 is 0. The maximum Gasteiger partial charge on any atom is 0.0390 e. The Hall–Kier alpha value is -0.960. The highest BCUT2D eigenvalue weighted by molar-refractivity contribution is 4.92. The van der Waals surface area contributed by atoms with Gasteiger partial charge in [-0.05, 0) is 6.92 Å². The molecule has 0 radical (unpaired) electrons. The first-order valence-electron chi connectivity index (χ1n) is 2.26. The molecule has 0 heterocycles. The van der Waals surface area contributed by atoms with Gasteiger partial charge in [0.25, 0.3) is 0 Å². The van der Waals surface area contributed by atoms with E-state index in [2.05, 4.69) is 6.58 Å². The second-order valence-corrected chi connectivity index (χ2v) is 1.50. The maximum absolute atomic E-state index is 5.26. The second-order valence-electron chi connectivity index (χ2n) is 1.50. The smallest absolute Gasteiger partial charge is 0.0390 e. The highest BCUT2D eigenvalue weighted by Gasteiger charge is 1.79. The lowest BCUT2D eigenvalue weighted by atomic mass is 10.5. The minimum Gasteiger partial charge on any atom is -0.401 e. The zero-order valence-corrected chi connectivity index (χ0v) is 4.96. The fourth-order valence-corrected chi connectivity index (χ4v) is 0.288. The molecule has 0 fully saturated rings. The first-order chi connectivity index (χ1) is 3.66. The number of rotatable bonds is 2. The molecule has 0 aliphatic carbocycles. The molecule has 4 N–H and O–H groups in total. The number of hydrazine groups is 1. The maximum atomic E-state index is 5.26. The van der Waals surface area contributed by atoms with Gasteiger partial charge in [0.1, 0.15) is 0 Å². The lowest BCUT2D eigenvalue weighted by Crippen LogP contribution is -2.18. The quantitative estimate of drug-likeness (QED) is 0.395. The monoisotopic (exact) mass is 113 g/mol. The fraction of sp³-hybridized carbons (Fsp3) is 0.200. The zero-order valence-electron chi connectivity index (χ0n) is 4.96. The van der Waals surface area contributed by atoms with Gasteiger partial charge in [0, 0.05) is 18.1 Å².